The van der Waals surface area contributed by atoms with Crippen molar-refractivity contribution in [3.8, 4) is 16.9 Å². The molecule has 2 heterocycles. The van der Waals surface area contributed by atoms with Gasteiger partial charge in [-0.2, -0.15) is 0 Å². The van der Waals surface area contributed by atoms with Gasteiger partial charge in [0.2, 0.25) is 0 Å². The van der Waals surface area contributed by atoms with Gasteiger partial charge in [-0.05, 0) is 64.7 Å². The molecule has 0 spiro atoms. The molecule has 0 bridgehead atoms. The molecular formula is C43H42N4O6. The minimum atomic E-state index is -0.777. The van der Waals surface area contributed by atoms with Crippen molar-refractivity contribution in [3.05, 3.63) is 161 Å². The number of benzene rings is 5. The second-order valence-corrected chi connectivity index (χ2v) is 13.4. The van der Waals surface area contributed by atoms with E-state index in [2.05, 4.69) is 15.3 Å². The molecule has 10 nitrogen and oxygen atoms in total. The van der Waals surface area contributed by atoms with Gasteiger partial charge < -0.3 is 35.0 Å². The van der Waals surface area contributed by atoms with Crippen molar-refractivity contribution in [2.45, 2.75) is 44.2 Å². The van der Waals surface area contributed by atoms with Crippen LogP contribution >= 0.6 is 0 Å². The number of phenols is 1. The lowest BCUT2D eigenvalue weighted by molar-refractivity contribution is -0.252. The zero-order valence-electron chi connectivity index (χ0n) is 29.4. The van der Waals surface area contributed by atoms with Crippen molar-refractivity contribution in [2.75, 3.05) is 20.1 Å². The SMILES string of the molecule is CN(CC1CC(c2ccc(CO)cc2)OC(c2ccc(-c3ccccc3CNC(=O)c3cnc4ccccc4n3)cc2)O1)CC(O)c1cccc(O)c1. The van der Waals surface area contributed by atoms with Crippen LogP contribution in [0, 0.1) is 0 Å². The fourth-order valence-electron chi connectivity index (χ4n) is 6.70. The number of amides is 1. The number of likely N-dealkylation sites (N-methyl/N-ethyl adjacent to an activating group) is 1. The molecule has 0 saturated carbocycles. The molecule has 4 unspecified atom stereocenters. The van der Waals surface area contributed by atoms with E-state index in [1.54, 1.807) is 24.3 Å². The summed E-state index contributed by atoms with van der Waals surface area (Å²) in [4.78, 5) is 23.9. The van der Waals surface area contributed by atoms with Gasteiger partial charge in [-0.25, -0.2) is 4.98 Å². The average molecular weight is 711 g/mol. The minimum Gasteiger partial charge on any atom is -0.508 e. The molecule has 4 atom stereocenters. The number of ether oxygens (including phenoxy) is 2. The third kappa shape index (κ3) is 8.77. The number of rotatable bonds is 12. The standard InChI is InChI=1S/C43H42N4O6/c1-47(26-40(50)32-8-6-9-34(49)21-32)25-35-22-41(30-15-13-28(27-48)14-16-30)53-43(52-35)31-19-17-29(18-20-31)36-10-3-2-7-33(36)23-45-42(51)39-24-44-37-11-4-5-12-38(37)46-39/h2-21,24,35,40-41,43,48-50H,22-23,25-27H2,1H3,(H,45,51). The maximum Gasteiger partial charge on any atom is 0.271 e. The summed E-state index contributed by atoms with van der Waals surface area (Å²) in [5.74, 6) is -0.182. The molecule has 1 aliphatic rings. The van der Waals surface area contributed by atoms with Gasteiger partial charge in [-0.3, -0.25) is 9.78 Å². The Kier molecular flexibility index (Phi) is 11.1. The normalized spacial score (nSPS) is 17.8. The van der Waals surface area contributed by atoms with Gasteiger partial charge in [-0.1, -0.05) is 97.1 Å². The largest absolute Gasteiger partial charge is 0.508 e. The first-order valence-corrected chi connectivity index (χ1v) is 17.7. The summed E-state index contributed by atoms with van der Waals surface area (Å²) >= 11 is 0. The zero-order valence-corrected chi connectivity index (χ0v) is 29.4. The third-order valence-electron chi connectivity index (χ3n) is 9.50. The van der Waals surface area contributed by atoms with Gasteiger partial charge >= 0.3 is 0 Å². The smallest absolute Gasteiger partial charge is 0.271 e. The number of nitrogens with zero attached hydrogens (tertiary/aromatic N) is 3. The number of fused-ring (bicyclic) bond motifs is 1. The van der Waals surface area contributed by atoms with Gasteiger partial charge in [0.05, 0.1) is 42.1 Å². The molecule has 7 rings (SSSR count). The summed E-state index contributed by atoms with van der Waals surface area (Å²) < 4.78 is 13.1. The van der Waals surface area contributed by atoms with E-state index in [9.17, 15) is 20.1 Å². The van der Waals surface area contributed by atoms with Crippen molar-refractivity contribution in [1.29, 1.82) is 0 Å². The molecule has 1 fully saturated rings. The number of hydrogen-bond acceptors (Lipinski definition) is 9. The third-order valence-corrected chi connectivity index (χ3v) is 9.50. The molecule has 1 amide bonds. The van der Waals surface area contributed by atoms with Crippen molar-refractivity contribution in [3.63, 3.8) is 0 Å². The summed E-state index contributed by atoms with van der Waals surface area (Å²) in [6, 6.07) is 37.9. The lowest BCUT2D eigenvalue weighted by Gasteiger charge is -2.38. The summed E-state index contributed by atoms with van der Waals surface area (Å²) in [6.07, 6.45) is 0.202. The quantitative estimate of drug-likeness (QED) is 0.110. The van der Waals surface area contributed by atoms with Crippen LogP contribution in [-0.2, 0) is 22.6 Å². The maximum atomic E-state index is 13.0. The second kappa shape index (κ2) is 16.5. The van der Waals surface area contributed by atoms with Gasteiger partial charge in [-0.15, -0.1) is 0 Å². The first kappa shape index (κ1) is 35.9. The highest BCUT2D eigenvalue weighted by atomic mass is 16.7. The van der Waals surface area contributed by atoms with Crippen molar-refractivity contribution in [2.24, 2.45) is 0 Å². The number of aromatic nitrogens is 2. The Morgan fingerprint density at radius 3 is 2.40 bits per heavy atom. The number of para-hydroxylation sites is 2. The average Bonchev–Trinajstić information content (AvgIpc) is 3.19. The maximum absolute atomic E-state index is 13.0. The predicted molar refractivity (Wildman–Crippen MR) is 202 cm³/mol. The molecule has 0 radical (unpaired) electrons. The van der Waals surface area contributed by atoms with Crippen LogP contribution in [0.25, 0.3) is 22.2 Å². The van der Waals surface area contributed by atoms with Crippen LogP contribution in [0.2, 0.25) is 0 Å². The Labute approximate surface area is 308 Å². The number of hydrogen-bond donors (Lipinski definition) is 4. The number of carbonyl (C=O) groups excluding carboxylic acids is 1. The van der Waals surface area contributed by atoms with Gasteiger partial charge in [0.15, 0.2) is 6.29 Å². The lowest BCUT2D eigenvalue weighted by Crippen LogP contribution is -2.39. The van der Waals surface area contributed by atoms with E-state index in [1.165, 1.54) is 6.20 Å². The molecular weight excluding hydrogens is 668 g/mol. The van der Waals surface area contributed by atoms with Crippen LogP contribution in [-0.4, -0.2) is 62.3 Å². The van der Waals surface area contributed by atoms with E-state index < -0.39 is 12.4 Å². The van der Waals surface area contributed by atoms with Gasteiger partial charge in [0, 0.05) is 31.6 Å². The van der Waals surface area contributed by atoms with Crippen LogP contribution in [0.3, 0.4) is 0 Å². The molecule has 1 saturated heterocycles. The molecule has 10 heteroatoms. The van der Waals surface area contributed by atoms with Gasteiger partial charge in [0.25, 0.3) is 5.91 Å². The van der Waals surface area contributed by atoms with Crippen LogP contribution in [0.1, 0.15) is 63.2 Å². The summed E-state index contributed by atoms with van der Waals surface area (Å²) in [5, 5.41) is 33.3. The van der Waals surface area contributed by atoms with Gasteiger partial charge in [0.1, 0.15) is 11.4 Å². The molecule has 270 valence electrons. The Morgan fingerprint density at radius 2 is 1.62 bits per heavy atom. The van der Waals surface area contributed by atoms with Crippen LogP contribution in [0.4, 0.5) is 0 Å². The molecule has 6 aromatic rings. The topological polar surface area (TPSA) is 137 Å². The van der Waals surface area contributed by atoms with Crippen LogP contribution in [0.15, 0.2) is 128 Å². The highest BCUT2D eigenvalue weighted by Gasteiger charge is 2.33. The fraction of sp³-hybridized carbons (Fsp3) is 0.233. The van der Waals surface area contributed by atoms with E-state index in [1.807, 2.05) is 109 Å². The first-order chi connectivity index (χ1) is 25.8. The Morgan fingerprint density at radius 1 is 0.887 bits per heavy atom. The van der Waals surface area contributed by atoms with Crippen LogP contribution < -0.4 is 5.32 Å². The lowest BCUT2D eigenvalue weighted by atomic mass is 9.97. The summed E-state index contributed by atoms with van der Waals surface area (Å²) in [6.45, 7) is 1.18. The first-order valence-electron chi connectivity index (χ1n) is 17.7. The minimum absolute atomic E-state index is 0.0343. The number of aromatic hydroxyl groups is 1. The second-order valence-electron chi connectivity index (χ2n) is 13.4. The Balaban J connectivity index is 1.06. The zero-order chi connectivity index (χ0) is 36.7. The van der Waals surface area contributed by atoms with Crippen molar-refractivity contribution >= 4 is 16.9 Å². The molecule has 1 aromatic heterocycles. The van der Waals surface area contributed by atoms with Crippen LogP contribution in [0.5, 0.6) is 5.75 Å². The highest BCUT2D eigenvalue weighted by molar-refractivity contribution is 5.93. The number of nitrogens with one attached hydrogen (secondary N) is 1. The number of aliphatic hydroxyl groups excluding tert-OH is 2. The summed E-state index contributed by atoms with van der Waals surface area (Å²) in [7, 11) is 1.94. The van der Waals surface area contributed by atoms with Crippen molar-refractivity contribution < 1.29 is 29.6 Å². The molecule has 1 aliphatic heterocycles. The van der Waals surface area contributed by atoms with E-state index in [4.69, 9.17) is 9.47 Å². The predicted octanol–water partition coefficient (Wildman–Crippen LogP) is 6.64. The number of aliphatic hydroxyl groups is 2. The number of phenolic OH excluding ortho intramolecular Hbond substituents is 1. The van der Waals surface area contributed by atoms with E-state index in [0.717, 1.165) is 38.9 Å². The highest BCUT2D eigenvalue weighted by Crippen LogP contribution is 2.39. The summed E-state index contributed by atoms with van der Waals surface area (Å²) in [5.41, 5.74) is 7.91. The molecule has 5 aromatic carbocycles. The number of carbonyl (C=O) groups is 1. The fourth-order valence-corrected chi connectivity index (χ4v) is 6.70. The van der Waals surface area contributed by atoms with E-state index in [0.29, 0.717) is 37.1 Å². The van der Waals surface area contributed by atoms with E-state index >= 15 is 0 Å². The van der Waals surface area contributed by atoms with Crippen molar-refractivity contribution in [1.82, 2.24) is 20.2 Å². The molecule has 53 heavy (non-hydrogen) atoms. The van der Waals surface area contributed by atoms with E-state index in [-0.39, 0.29) is 36.2 Å². The monoisotopic (exact) mass is 710 g/mol. The Bertz CT molecular complexity index is 2160. The molecule has 4 N–H and O–H groups in total. The molecule has 0 aliphatic carbocycles. The Hall–Kier alpha value is -5.49.